The van der Waals surface area contributed by atoms with Gasteiger partial charge in [-0.05, 0) is 37.3 Å². The number of para-hydroxylation sites is 1. The maximum absolute atomic E-state index is 13.3. The topological polar surface area (TPSA) is 61.8 Å². The highest BCUT2D eigenvalue weighted by Gasteiger charge is 2.38. The van der Waals surface area contributed by atoms with Gasteiger partial charge >= 0.3 is 0 Å². The van der Waals surface area contributed by atoms with Crippen LogP contribution in [0.2, 0.25) is 0 Å². The average Bonchev–Trinajstić information content (AvgIpc) is 2.90. The largest absolute Gasteiger partial charge is 0.326 e. The molecule has 26 heavy (non-hydrogen) atoms. The van der Waals surface area contributed by atoms with Crippen LogP contribution in [0.15, 0.2) is 59.6 Å². The number of hydrogen-bond acceptors (Lipinski definition) is 4. The minimum absolute atomic E-state index is 0.0526. The Morgan fingerprint density at radius 3 is 2.69 bits per heavy atom. The van der Waals surface area contributed by atoms with E-state index in [-0.39, 0.29) is 24.1 Å². The Bertz CT molecular complexity index is 842. The molecule has 0 radical (unpaired) electrons. The third-order valence-electron chi connectivity index (χ3n) is 3.80. The number of anilines is 1. The van der Waals surface area contributed by atoms with Crippen LogP contribution in [0.4, 0.5) is 15.8 Å². The fourth-order valence-corrected chi connectivity index (χ4v) is 3.80. The molecule has 0 bridgehead atoms. The number of carbonyl (C=O) groups is 2. The van der Waals surface area contributed by atoms with Crippen LogP contribution in [0.3, 0.4) is 0 Å². The SMILES string of the molecule is CCN1C(=O)C(CC(=O)Nc2ccccc2)SC1=Nc1cccc(F)c1. The molecule has 1 aliphatic rings. The van der Waals surface area contributed by atoms with E-state index in [4.69, 9.17) is 0 Å². The van der Waals surface area contributed by atoms with E-state index in [1.165, 1.54) is 28.8 Å². The monoisotopic (exact) mass is 371 g/mol. The maximum atomic E-state index is 13.3. The zero-order valence-corrected chi connectivity index (χ0v) is 15.0. The van der Waals surface area contributed by atoms with Crippen LogP contribution in [0, 0.1) is 5.82 Å². The Labute approximate surface area is 155 Å². The highest BCUT2D eigenvalue weighted by atomic mass is 32.2. The van der Waals surface area contributed by atoms with Crippen LogP contribution < -0.4 is 5.32 Å². The van der Waals surface area contributed by atoms with Gasteiger partial charge in [0.1, 0.15) is 11.1 Å². The van der Waals surface area contributed by atoms with E-state index in [2.05, 4.69) is 10.3 Å². The summed E-state index contributed by atoms with van der Waals surface area (Å²) in [6.07, 6.45) is 0.0526. The van der Waals surface area contributed by atoms with Gasteiger partial charge in [0.2, 0.25) is 11.8 Å². The van der Waals surface area contributed by atoms with Crippen LogP contribution >= 0.6 is 11.8 Å². The van der Waals surface area contributed by atoms with E-state index >= 15 is 0 Å². The summed E-state index contributed by atoms with van der Waals surface area (Å²) in [5.74, 6) is -0.774. The summed E-state index contributed by atoms with van der Waals surface area (Å²) in [5.41, 5.74) is 1.13. The first-order chi connectivity index (χ1) is 12.6. The minimum Gasteiger partial charge on any atom is -0.326 e. The highest BCUT2D eigenvalue weighted by Crippen LogP contribution is 2.31. The van der Waals surface area contributed by atoms with Gasteiger partial charge in [-0.3, -0.25) is 14.5 Å². The first-order valence-electron chi connectivity index (χ1n) is 8.24. The molecule has 2 amide bonds. The molecule has 2 aromatic rings. The molecule has 0 aromatic heterocycles. The second-order valence-corrected chi connectivity index (χ2v) is 6.85. The molecular weight excluding hydrogens is 353 g/mol. The summed E-state index contributed by atoms with van der Waals surface area (Å²) in [4.78, 5) is 30.7. The van der Waals surface area contributed by atoms with Crippen molar-refractivity contribution < 1.29 is 14.0 Å². The second kappa shape index (κ2) is 8.14. The Morgan fingerprint density at radius 2 is 2.00 bits per heavy atom. The number of aliphatic imine (C=N–C) groups is 1. The van der Waals surface area contributed by atoms with Crippen LogP contribution in [0.25, 0.3) is 0 Å². The summed E-state index contributed by atoms with van der Waals surface area (Å²) in [6, 6.07) is 15.0. The second-order valence-electron chi connectivity index (χ2n) is 5.68. The summed E-state index contributed by atoms with van der Waals surface area (Å²) < 4.78 is 13.3. The van der Waals surface area contributed by atoms with Crippen molar-refractivity contribution in [2.24, 2.45) is 4.99 Å². The molecule has 3 rings (SSSR count). The molecule has 1 heterocycles. The van der Waals surface area contributed by atoms with Crippen molar-refractivity contribution in [3.05, 3.63) is 60.4 Å². The number of benzene rings is 2. The predicted octanol–water partition coefficient (Wildman–Crippen LogP) is 3.81. The summed E-state index contributed by atoms with van der Waals surface area (Å²) >= 11 is 1.23. The van der Waals surface area contributed by atoms with Crippen molar-refractivity contribution >= 4 is 40.1 Å². The summed E-state index contributed by atoms with van der Waals surface area (Å²) in [6.45, 7) is 2.28. The lowest BCUT2D eigenvalue weighted by Crippen LogP contribution is -2.33. The van der Waals surface area contributed by atoms with Gasteiger partial charge in [-0.25, -0.2) is 9.38 Å². The van der Waals surface area contributed by atoms with Crippen LogP contribution in [-0.2, 0) is 9.59 Å². The van der Waals surface area contributed by atoms with Gasteiger partial charge in [-0.2, -0.15) is 0 Å². The Hall–Kier alpha value is -2.67. The Kier molecular flexibility index (Phi) is 5.68. The predicted molar refractivity (Wildman–Crippen MR) is 102 cm³/mol. The van der Waals surface area contributed by atoms with Crippen molar-refractivity contribution in [1.29, 1.82) is 0 Å². The number of carbonyl (C=O) groups excluding carboxylic acids is 2. The van der Waals surface area contributed by atoms with Gasteiger partial charge in [0.05, 0.1) is 5.69 Å². The number of amidine groups is 1. The molecule has 1 aliphatic heterocycles. The maximum Gasteiger partial charge on any atom is 0.242 e. The normalized spacial score (nSPS) is 18.4. The molecule has 1 fully saturated rings. The van der Waals surface area contributed by atoms with Gasteiger partial charge in [0, 0.05) is 18.7 Å². The number of nitrogens with zero attached hydrogens (tertiary/aromatic N) is 2. The van der Waals surface area contributed by atoms with E-state index in [1.807, 2.05) is 25.1 Å². The van der Waals surface area contributed by atoms with Gasteiger partial charge in [0.15, 0.2) is 5.17 Å². The van der Waals surface area contributed by atoms with Crippen molar-refractivity contribution in [2.75, 3.05) is 11.9 Å². The fourth-order valence-electron chi connectivity index (χ4n) is 2.57. The van der Waals surface area contributed by atoms with Gasteiger partial charge < -0.3 is 5.32 Å². The molecular formula is C19H18FN3O2S. The number of thioether (sulfide) groups is 1. The van der Waals surface area contributed by atoms with Crippen molar-refractivity contribution in [3.63, 3.8) is 0 Å². The molecule has 1 atom stereocenters. The molecule has 7 heteroatoms. The van der Waals surface area contributed by atoms with E-state index in [0.717, 1.165) is 0 Å². The smallest absolute Gasteiger partial charge is 0.242 e. The van der Waals surface area contributed by atoms with E-state index in [1.54, 1.807) is 24.3 Å². The van der Waals surface area contributed by atoms with Gasteiger partial charge in [-0.15, -0.1) is 0 Å². The van der Waals surface area contributed by atoms with Crippen LogP contribution in [0.5, 0.6) is 0 Å². The first kappa shape index (κ1) is 18.1. The minimum atomic E-state index is -0.536. The third kappa shape index (κ3) is 4.29. The van der Waals surface area contributed by atoms with Crippen molar-refractivity contribution in [1.82, 2.24) is 4.90 Å². The molecule has 1 saturated heterocycles. The Morgan fingerprint density at radius 1 is 1.23 bits per heavy atom. The fraction of sp³-hybridized carbons (Fsp3) is 0.211. The van der Waals surface area contributed by atoms with Crippen molar-refractivity contribution in [2.45, 2.75) is 18.6 Å². The standard InChI is InChI=1S/C19H18FN3O2S/c1-2-23-18(25)16(12-17(24)21-14-8-4-3-5-9-14)26-19(23)22-15-10-6-7-13(20)11-15/h3-11,16H,2,12H2,1H3,(H,21,24). The zero-order chi connectivity index (χ0) is 18.5. The number of halogens is 1. The molecule has 2 aromatic carbocycles. The molecule has 1 N–H and O–H groups in total. The molecule has 0 saturated carbocycles. The average molecular weight is 371 g/mol. The first-order valence-corrected chi connectivity index (χ1v) is 9.12. The van der Waals surface area contributed by atoms with Gasteiger partial charge in [-0.1, -0.05) is 36.0 Å². The molecule has 0 aliphatic carbocycles. The van der Waals surface area contributed by atoms with E-state index in [0.29, 0.717) is 23.1 Å². The van der Waals surface area contributed by atoms with Crippen LogP contribution in [0.1, 0.15) is 13.3 Å². The highest BCUT2D eigenvalue weighted by molar-refractivity contribution is 8.15. The van der Waals surface area contributed by atoms with Gasteiger partial charge in [0.25, 0.3) is 0 Å². The molecule has 5 nitrogen and oxygen atoms in total. The zero-order valence-electron chi connectivity index (χ0n) is 14.2. The van der Waals surface area contributed by atoms with E-state index < -0.39 is 5.25 Å². The number of nitrogens with one attached hydrogen (secondary N) is 1. The molecule has 134 valence electrons. The number of hydrogen-bond donors (Lipinski definition) is 1. The molecule has 1 unspecified atom stereocenters. The number of amides is 2. The van der Waals surface area contributed by atoms with Crippen molar-refractivity contribution in [3.8, 4) is 0 Å². The number of rotatable bonds is 5. The third-order valence-corrected chi connectivity index (χ3v) is 4.97. The molecule has 0 spiro atoms. The lowest BCUT2D eigenvalue weighted by molar-refractivity contribution is -0.128. The lowest BCUT2D eigenvalue weighted by atomic mass is 10.2. The summed E-state index contributed by atoms with van der Waals surface area (Å²) in [7, 11) is 0. The van der Waals surface area contributed by atoms with E-state index in [9.17, 15) is 14.0 Å². The Balaban J connectivity index is 1.71. The lowest BCUT2D eigenvalue weighted by Gasteiger charge is -2.13. The van der Waals surface area contributed by atoms with Crippen LogP contribution in [-0.4, -0.2) is 33.7 Å². The summed E-state index contributed by atoms with van der Waals surface area (Å²) in [5, 5.41) is 2.73. The quantitative estimate of drug-likeness (QED) is 0.869.